The molecule has 1 aliphatic rings. The number of hydrogen-bond donors (Lipinski definition) is 1. The second kappa shape index (κ2) is 10.2. The average molecular weight is 470 g/mol. The minimum absolute atomic E-state index is 0.213. The molecule has 1 N–H and O–H groups in total. The van der Waals surface area contributed by atoms with Gasteiger partial charge in [0.05, 0.1) is 11.1 Å². The fourth-order valence-corrected chi connectivity index (χ4v) is 3.35. The third-order valence-electron chi connectivity index (χ3n) is 5.14. The van der Waals surface area contributed by atoms with E-state index >= 15 is 0 Å². The van der Waals surface area contributed by atoms with E-state index in [4.69, 9.17) is 25.1 Å². The molecule has 1 fully saturated rings. The fourth-order valence-electron chi connectivity index (χ4n) is 3.35. The van der Waals surface area contributed by atoms with Gasteiger partial charge in [0.2, 0.25) is 11.8 Å². The lowest BCUT2D eigenvalue weighted by molar-refractivity contribution is 0.0624. The van der Waals surface area contributed by atoms with Crippen LogP contribution in [0.25, 0.3) is 0 Å². The lowest BCUT2D eigenvalue weighted by Crippen LogP contribution is -2.50. The van der Waals surface area contributed by atoms with Crippen LogP contribution < -0.4 is 9.47 Å². The van der Waals surface area contributed by atoms with Crippen LogP contribution in [0.2, 0.25) is 0 Å². The monoisotopic (exact) mass is 470 g/mol. The summed E-state index contributed by atoms with van der Waals surface area (Å²) in [6.45, 7) is 0.928. The summed E-state index contributed by atoms with van der Waals surface area (Å²) in [4.78, 5) is 35.3. The zero-order chi connectivity index (χ0) is 24.8. The van der Waals surface area contributed by atoms with Crippen LogP contribution in [0, 0.1) is 22.7 Å². The number of ether oxygens (including phenoxy) is 2. The second-order valence-corrected chi connectivity index (χ2v) is 7.45. The molecule has 0 saturated carbocycles. The van der Waals surface area contributed by atoms with Crippen molar-refractivity contribution in [1.29, 1.82) is 10.5 Å². The van der Waals surface area contributed by atoms with Crippen LogP contribution in [0.3, 0.4) is 0 Å². The van der Waals surface area contributed by atoms with Gasteiger partial charge in [-0.05, 0) is 24.3 Å². The van der Waals surface area contributed by atoms with E-state index in [1.54, 1.807) is 23.1 Å². The van der Waals surface area contributed by atoms with Crippen LogP contribution in [0.15, 0.2) is 54.9 Å². The number of rotatable bonds is 5. The van der Waals surface area contributed by atoms with E-state index in [2.05, 4.69) is 9.97 Å². The highest BCUT2D eigenvalue weighted by Gasteiger charge is 2.25. The first-order valence-corrected chi connectivity index (χ1v) is 10.5. The molecule has 11 nitrogen and oxygen atoms in total. The predicted octanol–water partition coefficient (Wildman–Crippen LogP) is 3.24. The molecular weight excluding hydrogens is 452 g/mol. The van der Waals surface area contributed by atoms with Crippen molar-refractivity contribution in [2.75, 3.05) is 26.2 Å². The molecule has 3 heterocycles. The summed E-state index contributed by atoms with van der Waals surface area (Å²) in [5, 5.41) is 27.0. The molecule has 1 aromatic carbocycles. The minimum Gasteiger partial charge on any atom is -0.465 e. The number of benzene rings is 1. The van der Waals surface area contributed by atoms with Gasteiger partial charge in [0.25, 0.3) is 5.91 Å². The van der Waals surface area contributed by atoms with Crippen molar-refractivity contribution in [1.82, 2.24) is 19.8 Å². The molecule has 0 spiro atoms. The second-order valence-electron chi connectivity index (χ2n) is 7.45. The summed E-state index contributed by atoms with van der Waals surface area (Å²) >= 11 is 0. The van der Waals surface area contributed by atoms with E-state index in [1.807, 2.05) is 12.1 Å². The third kappa shape index (κ3) is 5.61. The van der Waals surface area contributed by atoms with Crippen LogP contribution in [-0.4, -0.2) is 63.1 Å². The number of amides is 2. The van der Waals surface area contributed by atoms with E-state index in [-0.39, 0.29) is 60.9 Å². The number of carbonyl (C=O) groups is 2. The summed E-state index contributed by atoms with van der Waals surface area (Å²) in [7, 11) is 0. The molecule has 0 atom stereocenters. The van der Waals surface area contributed by atoms with Gasteiger partial charge in [-0.2, -0.15) is 10.5 Å². The van der Waals surface area contributed by atoms with Gasteiger partial charge in [-0.25, -0.2) is 14.8 Å². The molecule has 35 heavy (non-hydrogen) atoms. The Morgan fingerprint density at radius 2 is 1.29 bits per heavy atom. The summed E-state index contributed by atoms with van der Waals surface area (Å²) in [6.07, 6.45) is 1.71. The number of aromatic nitrogens is 2. The van der Waals surface area contributed by atoms with Crippen molar-refractivity contribution in [3.05, 3.63) is 71.5 Å². The molecule has 11 heteroatoms. The topological polar surface area (TPSA) is 153 Å². The number of carboxylic acid groups (broad SMARTS) is 1. The maximum Gasteiger partial charge on any atom is 0.407 e. The summed E-state index contributed by atoms with van der Waals surface area (Å²) in [5.74, 6) is 0.643. The number of pyridine rings is 2. The van der Waals surface area contributed by atoms with Crippen LogP contribution >= 0.6 is 0 Å². The number of nitrogens with zero attached hydrogens (tertiary/aromatic N) is 6. The van der Waals surface area contributed by atoms with Crippen molar-refractivity contribution in [2.45, 2.75) is 0 Å². The Kier molecular flexibility index (Phi) is 6.70. The number of piperazine rings is 1. The maximum absolute atomic E-state index is 13.2. The van der Waals surface area contributed by atoms with Gasteiger partial charge >= 0.3 is 6.09 Å². The summed E-state index contributed by atoms with van der Waals surface area (Å²) in [6, 6.07) is 14.7. The first kappa shape index (κ1) is 23.0. The van der Waals surface area contributed by atoms with Crippen molar-refractivity contribution in [3.8, 4) is 35.4 Å². The normalized spacial score (nSPS) is 12.9. The number of nitriles is 2. The van der Waals surface area contributed by atoms with Crippen LogP contribution in [-0.2, 0) is 0 Å². The van der Waals surface area contributed by atoms with E-state index in [0.717, 1.165) is 0 Å². The Balaban J connectivity index is 1.61. The van der Waals surface area contributed by atoms with E-state index < -0.39 is 6.09 Å². The standard InChI is InChI=1S/C24H18N6O5/c25-12-16-1-3-21(27-14-16)34-19-9-18(23(31)29-5-7-30(8-6-29)24(32)33)10-20(11-19)35-22-4-2-17(13-26)15-28-22/h1-4,9-11,14-15H,5-8H2,(H,32,33). The van der Waals surface area contributed by atoms with Crippen molar-refractivity contribution >= 4 is 12.0 Å². The summed E-state index contributed by atoms with van der Waals surface area (Å²) < 4.78 is 11.6. The van der Waals surface area contributed by atoms with Crippen LogP contribution in [0.5, 0.6) is 23.3 Å². The Labute approximate surface area is 200 Å². The Hall–Kier alpha value is -5.16. The molecule has 3 aromatic rings. The van der Waals surface area contributed by atoms with Crippen molar-refractivity contribution in [2.24, 2.45) is 0 Å². The van der Waals surface area contributed by atoms with Crippen LogP contribution in [0.1, 0.15) is 21.5 Å². The SMILES string of the molecule is N#Cc1ccc(Oc2cc(Oc3ccc(C#N)cn3)cc(C(=O)N3CCN(C(=O)O)CC3)c2)nc1. The molecule has 0 radical (unpaired) electrons. The molecule has 174 valence electrons. The molecule has 0 unspecified atom stereocenters. The van der Waals surface area contributed by atoms with Gasteiger partial charge in [0.15, 0.2) is 0 Å². The lowest BCUT2D eigenvalue weighted by Gasteiger charge is -2.33. The van der Waals surface area contributed by atoms with E-state index in [1.165, 1.54) is 41.6 Å². The van der Waals surface area contributed by atoms with E-state index in [9.17, 15) is 9.59 Å². The largest absolute Gasteiger partial charge is 0.465 e. The Morgan fingerprint density at radius 3 is 1.69 bits per heavy atom. The maximum atomic E-state index is 13.2. The first-order chi connectivity index (χ1) is 16.9. The van der Waals surface area contributed by atoms with Crippen LogP contribution in [0.4, 0.5) is 4.79 Å². The Bertz CT molecular complexity index is 1240. The van der Waals surface area contributed by atoms with Gasteiger partial charge in [0, 0.05) is 62.3 Å². The smallest absolute Gasteiger partial charge is 0.407 e. The Morgan fingerprint density at radius 1 is 0.800 bits per heavy atom. The molecule has 2 aromatic heterocycles. The molecule has 0 aliphatic carbocycles. The van der Waals surface area contributed by atoms with Crippen molar-refractivity contribution in [3.63, 3.8) is 0 Å². The quantitative estimate of drug-likeness (QED) is 0.592. The van der Waals surface area contributed by atoms with Gasteiger partial charge < -0.3 is 24.4 Å². The molecule has 1 aliphatic heterocycles. The summed E-state index contributed by atoms with van der Waals surface area (Å²) in [5.41, 5.74) is 1.01. The van der Waals surface area contributed by atoms with Gasteiger partial charge in [-0.3, -0.25) is 4.79 Å². The van der Waals surface area contributed by atoms with E-state index in [0.29, 0.717) is 11.1 Å². The first-order valence-electron chi connectivity index (χ1n) is 10.5. The lowest BCUT2D eigenvalue weighted by atomic mass is 10.1. The fraction of sp³-hybridized carbons (Fsp3) is 0.167. The third-order valence-corrected chi connectivity index (χ3v) is 5.14. The molecule has 0 bridgehead atoms. The molecule has 1 saturated heterocycles. The molecular formula is C24H18N6O5. The molecule has 4 rings (SSSR count). The predicted molar refractivity (Wildman–Crippen MR) is 120 cm³/mol. The zero-order valence-corrected chi connectivity index (χ0v) is 18.3. The number of carbonyl (C=O) groups excluding carboxylic acids is 1. The number of hydrogen-bond acceptors (Lipinski definition) is 8. The van der Waals surface area contributed by atoms with Gasteiger partial charge in [-0.15, -0.1) is 0 Å². The highest BCUT2D eigenvalue weighted by atomic mass is 16.5. The zero-order valence-electron chi connectivity index (χ0n) is 18.3. The van der Waals surface area contributed by atoms with Crippen molar-refractivity contribution < 1.29 is 24.2 Å². The van der Waals surface area contributed by atoms with Gasteiger partial charge in [0.1, 0.15) is 23.6 Å². The average Bonchev–Trinajstić information content (AvgIpc) is 2.89. The minimum atomic E-state index is -1.02. The highest BCUT2D eigenvalue weighted by molar-refractivity contribution is 5.95. The highest BCUT2D eigenvalue weighted by Crippen LogP contribution is 2.30. The molecule has 2 amide bonds. The van der Waals surface area contributed by atoms with Gasteiger partial charge in [-0.1, -0.05) is 0 Å².